The van der Waals surface area contributed by atoms with Gasteiger partial charge in [-0.1, -0.05) is 0 Å². The van der Waals surface area contributed by atoms with Crippen molar-refractivity contribution < 1.29 is 4.79 Å². The highest BCUT2D eigenvalue weighted by Crippen LogP contribution is 2.19. The van der Waals surface area contributed by atoms with Crippen molar-refractivity contribution in [1.82, 2.24) is 9.88 Å². The molecular weight excluding hydrogens is 202 g/mol. The van der Waals surface area contributed by atoms with E-state index < -0.39 is 0 Å². The summed E-state index contributed by atoms with van der Waals surface area (Å²) in [4.78, 5) is 18.2. The third-order valence-corrected chi connectivity index (χ3v) is 3.08. The number of aromatic nitrogens is 1. The summed E-state index contributed by atoms with van der Waals surface area (Å²) in [6.07, 6.45) is 3.86. The Morgan fingerprint density at radius 2 is 2.44 bits per heavy atom. The summed E-state index contributed by atoms with van der Waals surface area (Å²) in [5.41, 5.74) is 1.45. The Morgan fingerprint density at radius 1 is 1.62 bits per heavy atom. The molecule has 1 amide bonds. The van der Waals surface area contributed by atoms with E-state index in [9.17, 15) is 4.79 Å². The highest BCUT2D eigenvalue weighted by atomic mass is 16.2. The summed E-state index contributed by atoms with van der Waals surface area (Å²) >= 11 is 0. The van der Waals surface area contributed by atoms with Crippen LogP contribution in [0, 0.1) is 0 Å². The average Bonchev–Trinajstić information content (AvgIpc) is 2.74. The van der Waals surface area contributed by atoms with E-state index in [0.29, 0.717) is 11.7 Å². The molecule has 2 rings (SSSR count). The molecule has 1 aromatic rings. The van der Waals surface area contributed by atoms with E-state index in [1.807, 2.05) is 18.0 Å². The number of rotatable bonds is 2. The minimum atomic E-state index is 0.0436. The SMILES string of the molecule is CNc1ccnc(C(=O)N2CCCC2C)c1. The van der Waals surface area contributed by atoms with E-state index in [1.54, 1.807) is 12.3 Å². The molecule has 1 atom stereocenters. The Bertz CT molecular complexity index is 392. The van der Waals surface area contributed by atoms with Crippen LogP contribution < -0.4 is 5.32 Å². The number of amides is 1. The molecule has 0 radical (unpaired) electrons. The van der Waals surface area contributed by atoms with E-state index in [4.69, 9.17) is 0 Å². The minimum Gasteiger partial charge on any atom is -0.388 e. The van der Waals surface area contributed by atoms with Gasteiger partial charge in [0.05, 0.1) is 0 Å². The van der Waals surface area contributed by atoms with Crippen molar-refractivity contribution in [3.63, 3.8) is 0 Å². The Balaban J connectivity index is 2.19. The zero-order valence-electron chi connectivity index (χ0n) is 9.73. The predicted molar refractivity (Wildman–Crippen MR) is 63.5 cm³/mol. The first kappa shape index (κ1) is 10.9. The van der Waals surface area contributed by atoms with Gasteiger partial charge in [0.2, 0.25) is 0 Å². The maximum atomic E-state index is 12.2. The Labute approximate surface area is 95.7 Å². The lowest BCUT2D eigenvalue weighted by atomic mass is 10.2. The van der Waals surface area contributed by atoms with Crippen LogP contribution in [0.25, 0.3) is 0 Å². The molecule has 1 N–H and O–H groups in total. The van der Waals surface area contributed by atoms with Crippen LogP contribution >= 0.6 is 0 Å². The first-order chi connectivity index (χ1) is 7.72. The number of likely N-dealkylation sites (tertiary alicyclic amines) is 1. The van der Waals surface area contributed by atoms with Gasteiger partial charge < -0.3 is 10.2 Å². The van der Waals surface area contributed by atoms with Gasteiger partial charge in [0.1, 0.15) is 5.69 Å². The molecule has 1 saturated heterocycles. The third-order valence-electron chi connectivity index (χ3n) is 3.08. The average molecular weight is 219 g/mol. The Kier molecular flexibility index (Phi) is 3.08. The highest BCUT2D eigenvalue weighted by Gasteiger charge is 2.26. The second kappa shape index (κ2) is 4.51. The Hall–Kier alpha value is -1.58. The fourth-order valence-corrected chi connectivity index (χ4v) is 2.09. The molecule has 1 aromatic heterocycles. The summed E-state index contributed by atoms with van der Waals surface area (Å²) < 4.78 is 0. The van der Waals surface area contributed by atoms with Gasteiger partial charge >= 0.3 is 0 Å². The van der Waals surface area contributed by atoms with Crippen LogP contribution in [0.1, 0.15) is 30.3 Å². The summed E-state index contributed by atoms with van der Waals surface area (Å²) in [6.45, 7) is 2.94. The van der Waals surface area contributed by atoms with Crippen molar-refractivity contribution >= 4 is 11.6 Å². The van der Waals surface area contributed by atoms with Gasteiger partial charge in [-0.15, -0.1) is 0 Å². The van der Waals surface area contributed by atoms with Crippen LogP contribution in [0.5, 0.6) is 0 Å². The summed E-state index contributed by atoms with van der Waals surface area (Å²) in [6, 6.07) is 3.99. The maximum Gasteiger partial charge on any atom is 0.272 e. The van der Waals surface area contributed by atoms with Crippen molar-refractivity contribution in [2.24, 2.45) is 0 Å². The molecular formula is C12H17N3O. The lowest BCUT2D eigenvalue weighted by Gasteiger charge is -2.20. The smallest absolute Gasteiger partial charge is 0.272 e. The molecule has 4 heteroatoms. The molecule has 1 unspecified atom stereocenters. The molecule has 1 aliphatic heterocycles. The second-order valence-electron chi connectivity index (χ2n) is 4.17. The van der Waals surface area contributed by atoms with Crippen LogP contribution in [0.2, 0.25) is 0 Å². The van der Waals surface area contributed by atoms with E-state index in [2.05, 4.69) is 17.2 Å². The molecule has 16 heavy (non-hydrogen) atoms. The molecule has 0 spiro atoms. The maximum absolute atomic E-state index is 12.2. The minimum absolute atomic E-state index is 0.0436. The van der Waals surface area contributed by atoms with Gasteiger partial charge in [0, 0.05) is 31.5 Å². The van der Waals surface area contributed by atoms with Crippen molar-refractivity contribution in [1.29, 1.82) is 0 Å². The molecule has 0 saturated carbocycles. The largest absolute Gasteiger partial charge is 0.388 e. The van der Waals surface area contributed by atoms with Crippen LogP contribution in [-0.2, 0) is 0 Å². The van der Waals surface area contributed by atoms with Gasteiger partial charge in [-0.05, 0) is 31.9 Å². The normalized spacial score (nSPS) is 19.9. The van der Waals surface area contributed by atoms with Gasteiger partial charge in [-0.25, -0.2) is 0 Å². The lowest BCUT2D eigenvalue weighted by Crippen LogP contribution is -2.34. The summed E-state index contributed by atoms with van der Waals surface area (Å²) in [7, 11) is 1.84. The van der Waals surface area contributed by atoms with Gasteiger partial charge in [-0.3, -0.25) is 9.78 Å². The molecule has 1 fully saturated rings. The first-order valence-corrected chi connectivity index (χ1v) is 5.67. The second-order valence-corrected chi connectivity index (χ2v) is 4.17. The summed E-state index contributed by atoms with van der Waals surface area (Å²) in [5, 5.41) is 3.01. The Morgan fingerprint density at radius 3 is 3.06 bits per heavy atom. The molecule has 0 bridgehead atoms. The van der Waals surface area contributed by atoms with Crippen LogP contribution in [-0.4, -0.2) is 35.4 Å². The monoisotopic (exact) mass is 219 g/mol. The number of hydrogen-bond donors (Lipinski definition) is 1. The molecule has 1 aliphatic rings. The number of nitrogens with one attached hydrogen (secondary N) is 1. The third kappa shape index (κ3) is 2.01. The van der Waals surface area contributed by atoms with Gasteiger partial charge in [0.25, 0.3) is 5.91 Å². The van der Waals surface area contributed by atoms with Crippen molar-refractivity contribution in [3.05, 3.63) is 24.0 Å². The first-order valence-electron chi connectivity index (χ1n) is 5.67. The van der Waals surface area contributed by atoms with Crippen LogP contribution in [0.4, 0.5) is 5.69 Å². The molecule has 2 heterocycles. The van der Waals surface area contributed by atoms with Crippen molar-refractivity contribution in [2.45, 2.75) is 25.8 Å². The zero-order chi connectivity index (χ0) is 11.5. The van der Waals surface area contributed by atoms with Crippen molar-refractivity contribution in [2.75, 3.05) is 18.9 Å². The van der Waals surface area contributed by atoms with E-state index >= 15 is 0 Å². The molecule has 0 aliphatic carbocycles. The number of hydrogen-bond acceptors (Lipinski definition) is 3. The van der Waals surface area contributed by atoms with Gasteiger partial charge in [0.15, 0.2) is 0 Å². The number of pyridine rings is 1. The van der Waals surface area contributed by atoms with E-state index in [1.165, 1.54) is 0 Å². The van der Waals surface area contributed by atoms with Crippen LogP contribution in [0.15, 0.2) is 18.3 Å². The molecule has 86 valence electrons. The zero-order valence-corrected chi connectivity index (χ0v) is 9.73. The number of carbonyl (C=O) groups is 1. The lowest BCUT2D eigenvalue weighted by molar-refractivity contribution is 0.0741. The standard InChI is InChI=1S/C12H17N3O/c1-9-4-3-7-15(9)12(16)11-8-10(13-2)5-6-14-11/h5-6,8-9H,3-4,7H2,1-2H3,(H,13,14). The fourth-order valence-electron chi connectivity index (χ4n) is 2.09. The molecule has 0 aromatic carbocycles. The molecule has 4 nitrogen and oxygen atoms in total. The predicted octanol–water partition coefficient (Wildman–Crippen LogP) is 1.75. The highest BCUT2D eigenvalue weighted by molar-refractivity contribution is 5.93. The van der Waals surface area contributed by atoms with Crippen LogP contribution in [0.3, 0.4) is 0 Å². The topological polar surface area (TPSA) is 45.2 Å². The number of nitrogens with zero attached hydrogens (tertiary/aromatic N) is 2. The quantitative estimate of drug-likeness (QED) is 0.824. The van der Waals surface area contributed by atoms with E-state index in [-0.39, 0.29) is 5.91 Å². The fraction of sp³-hybridized carbons (Fsp3) is 0.500. The van der Waals surface area contributed by atoms with Gasteiger partial charge in [-0.2, -0.15) is 0 Å². The summed E-state index contributed by atoms with van der Waals surface area (Å²) in [5.74, 6) is 0.0436. The van der Waals surface area contributed by atoms with E-state index in [0.717, 1.165) is 25.1 Å². The number of anilines is 1. The van der Waals surface area contributed by atoms with Crippen molar-refractivity contribution in [3.8, 4) is 0 Å². The number of carbonyl (C=O) groups excluding carboxylic acids is 1.